The van der Waals surface area contributed by atoms with E-state index in [9.17, 15) is 9.59 Å². The van der Waals surface area contributed by atoms with Crippen LogP contribution in [0.2, 0.25) is 0 Å². The summed E-state index contributed by atoms with van der Waals surface area (Å²) in [6.45, 7) is 8.89. The Morgan fingerprint density at radius 3 is 2.43 bits per heavy atom. The Kier molecular flexibility index (Phi) is 6.60. The standard InChI is InChI=1S/C25H28O5/c1-5-25(3,4)18-8-10-19(11-9-18)28-14-6-7-23(26)29-20-12-13-21-17(2)15-24(27)30-22(21)16-20/h8-13,15-16H,5-7,14H2,1-4H3. The van der Waals surface area contributed by atoms with Crippen LogP contribution in [-0.4, -0.2) is 12.6 Å². The average molecular weight is 408 g/mol. The minimum atomic E-state index is -0.424. The van der Waals surface area contributed by atoms with E-state index in [1.165, 1.54) is 11.6 Å². The number of aryl methyl sites for hydroxylation is 1. The Bertz CT molecular complexity index is 1080. The lowest BCUT2D eigenvalue weighted by Crippen LogP contribution is -2.15. The summed E-state index contributed by atoms with van der Waals surface area (Å²) in [6.07, 6.45) is 1.85. The maximum absolute atomic E-state index is 12.1. The van der Waals surface area contributed by atoms with Crippen LogP contribution in [0.15, 0.2) is 57.7 Å². The second-order valence-electron chi connectivity index (χ2n) is 8.09. The van der Waals surface area contributed by atoms with Gasteiger partial charge in [0.2, 0.25) is 0 Å². The number of carbonyl (C=O) groups is 1. The summed E-state index contributed by atoms with van der Waals surface area (Å²) in [5.74, 6) is 0.795. The van der Waals surface area contributed by atoms with Crippen LogP contribution in [0.4, 0.5) is 0 Å². The molecule has 158 valence electrons. The molecule has 0 spiro atoms. The van der Waals surface area contributed by atoms with Gasteiger partial charge in [-0.25, -0.2) is 4.79 Å². The molecule has 1 heterocycles. The third kappa shape index (κ3) is 5.29. The number of hydrogen-bond donors (Lipinski definition) is 0. The molecule has 1 aromatic heterocycles. The molecule has 5 nitrogen and oxygen atoms in total. The Hall–Kier alpha value is -3.08. The topological polar surface area (TPSA) is 65.7 Å². The number of rotatable bonds is 8. The predicted octanol–water partition coefficient (Wildman–Crippen LogP) is 5.55. The van der Waals surface area contributed by atoms with Gasteiger partial charge in [-0.05, 0) is 60.6 Å². The summed E-state index contributed by atoms with van der Waals surface area (Å²) in [6, 6.07) is 14.6. The molecule has 5 heteroatoms. The largest absolute Gasteiger partial charge is 0.494 e. The molecular formula is C25H28O5. The van der Waals surface area contributed by atoms with Crippen molar-refractivity contribution in [3.8, 4) is 11.5 Å². The molecule has 0 bridgehead atoms. The summed E-state index contributed by atoms with van der Waals surface area (Å²) in [7, 11) is 0. The van der Waals surface area contributed by atoms with E-state index in [0.29, 0.717) is 24.4 Å². The second kappa shape index (κ2) is 9.16. The lowest BCUT2D eigenvalue weighted by Gasteiger charge is -2.23. The van der Waals surface area contributed by atoms with E-state index in [1.807, 2.05) is 19.1 Å². The fourth-order valence-electron chi connectivity index (χ4n) is 3.16. The third-order valence-corrected chi connectivity index (χ3v) is 5.47. The highest BCUT2D eigenvalue weighted by molar-refractivity contribution is 5.82. The van der Waals surface area contributed by atoms with Crippen molar-refractivity contribution in [2.24, 2.45) is 0 Å². The molecule has 0 radical (unpaired) electrons. The van der Waals surface area contributed by atoms with Crippen molar-refractivity contribution in [1.29, 1.82) is 0 Å². The minimum absolute atomic E-state index is 0.145. The number of hydrogen-bond acceptors (Lipinski definition) is 5. The lowest BCUT2D eigenvalue weighted by molar-refractivity contribution is -0.134. The van der Waals surface area contributed by atoms with Gasteiger partial charge in [0.15, 0.2) is 0 Å². The number of ether oxygens (including phenoxy) is 2. The van der Waals surface area contributed by atoms with Gasteiger partial charge in [-0.2, -0.15) is 0 Å². The summed E-state index contributed by atoms with van der Waals surface area (Å²) in [4.78, 5) is 23.6. The molecule has 0 aliphatic heterocycles. The van der Waals surface area contributed by atoms with Gasteiger partial charge in [-0.3, -0.25) is 4.79 Å². The normalized spacial score (nSPS) is 11.5. The van der Waals surface area contributed by atoms with E-state index < -0.39 is 5.63 Å². The Morgan fingerprint density at radius 2 is 1.73 bits per heavy atom. The predicted molar refractivity (Wildman–Crippen MR) is 117 cm³/mol. The smallest absolute Gasteiger partial charge is 0.336 e. The first-order valence-electron chi connectivity index (χ1n) is 10.3. The summed E-state index contributed by atoms with van der Waals surface area (Å²) < 4.78 is 16.3. The van der Waals surface area contributed by atoms with Gasteiger partial charge in [-0.1, -0.05) is 32.9 Å². The van der Waals surface area contributed by atoms with Crippen LogP contribution < -0.4 is 15.1 Å². The van der Waals surface area contributed by atoms with E-state index in [-0.39, 0.29) is 17.8 Å². The highest BCUT2D eigenvalue weighted by Crippen LogP contribution is 2.28. The van der Waals surface area contributed by atoms with E-state index >= 15 is 0 Å². The van der Waals surface area contributed by atoms with Crippen molar-refractivity contribution < 1.29 is 18.7 Å². The number of fused-ring (bicyclic) bond motifs is 1. The molecule has 0 amide bonds. The zero-order valence-electron chi connectivity index (χ0n) is 18.0. The van der Waals surface area contributed by atoms with Gasteiger partial charge in [0.1, 0.15) is 17.1 Å². The first-order valence-corrected chi connectivity index (χ1v) is 10.3. The van der Waals surface area contributed by atoms with Crippen LogP contribution in [0.1, 0.15) is 51.2 Å². The quantitative estimate of drug-likeness (QED) is 0.211. The SMILES string of the molecule is CCC(C)(C)c1ccc(OCCCC(=O)Oc2ccc3c(C)cc(=O)oc3c2)cc1. The van der Waals surface area contributed by atoms with Crippen LogP contribution in [-0.2, 0) is 10.2 Å². The molecule has 0 N–H and O–H groups in total. The van der Waals surface area contributed by atoms with Crippen molar-refractivity contribution in [2.45, 2.75) is 52.4 Å². The molecular weight excluding hydrogens is 380 g/mol. The minimum Gasteiger partial charge on any atom is -0.494 e. The summed E-state index contributed by atoms with van der Waals surface area (Å²) in [5.41, 5.74) is 2.23. The van der Waals surface area contributed by atoms with Crippen molar-refractivity contribution in [1.82, 2.24) is 0 Å². The molecule has 30 heavy (non-hydrogen) atoms. The van der Waals surface area contributed by atoms with Gasteiger partial charge in [0.25, 0.3) is 0 Å². The monoisotopic (exact) mass is 408 g/mol. The summed E-state index contributed by atoms with van der Waals surface area (Å²) >= 11 is 0. The van der Waals surface area contributed by atoms with Gasteiger partial charge >= 0.3 is 11.6 Å². The van der Waals surface area contributed by atoms with Gasteiger partial charge < -0.3 is 13.9 Å². The van der Waals surface area contributed by atoms with E-state index in [4.69, 9.17) is 13.9 Å². The van der Waals surface area contributed by atoms with Crippen molar-refractivity contribution >= 4 is 16.9 Å². The van der Waals surface area contributed by atoms with Gasteiger partial charge in [0.05, 0.1) is 6.61 Å². The van der Waals surface area contributed by atoms with Gasteiger partial charge in [-0.15, -0.1) is 0 Å². The highest BCUT2D eigenvalue weighted by Gasteiger charge is 2.17. The zero-order valence-corrected chi connectivity index (χ0v) is 18.0. The van der Waals surface area contributed by atoms with Crippen molar-refractivity contribution in [2.75, 3.05) is 6.61 Å². The number of benzene rings is 2. The first-order chi connectivity index (χ1) is 14.3. The fourth-order valence-corrected chi connectivity index (χ4v) is 3.16. The molecule has 0 aliphatic rings. The molecule has 3 aromatic rings. The number of carbonyl (C=O) groups excluding carboxylic acids is 1. The lowest BCUT2D eigenvalue weighted by atomic mass is 9.82. The molecule has 0 fully saturated rings. The Balaban J connectivity index is 1.48. The molecule has 0 saturated heterocycles. The fraction of sp³-hybridized carbons (Fsp3) is 0.360. The van der Waals surface area contributed by atoms with Crippen LogP contribution in [0.3, 0.4) is 0 Å². The molecule has 0 unspecified atom stereocenters. The Morgan fingerprint density at radius 1 is 1.03 bits per heavy atom. The molecule has 0 atom stereocenters. The Labute approximate surface area is 176 Å². The molecule has 2 aromatic carbocycles. The first kappa shape index (κ1) is 21.6. The molecule has 0 saturated carbocycles. The maximum Gasteiger partial charge on any atom is 0.336 e. The molecule has 3 rings (SSSR count). The highest BCUT2D eigenvalue weighted by atomic mass is 16.5. The van der Waals surface area contributed by atoms with Crippen LogP contribution in [0.5, 0.6) is 11.5 Å². The van der Waals surface area contributed by atoms with Crippen molar-refractivity contribution in [3.63, 3.8) is 0 Å². The second-order valence-corrected chi connectivity index (χ2v) is 8.09. The van der Waals surface area contributed by atoms with Crippen LogP contribution >= 0.6 is 0 Å². The van der Waals surface area contributed by atoms with Crippen molar-refractivity contribution in [3.05, 3.63) is 70.1 Å². The molecule has 0 aliphatic carbocycles. The summed E-state index contributed by atoms with van der Waals surface area (Å²) in [5, 5.41) is 0.816. The van der Waals surface area contributed by atoms with E-state index in [0.717, 1.165) is 23.1 Å². The van der Waals surface area contributed by atoms with E-state index in [2.05, 4.69) is 32.9 Å². The van der Waals surface area contributed by atoms with Gasteiger partial charge in [0, 0.05) is 23.9 Å². The maximum atomic E-state index is 12.1. The number of esters is 1. The van der Waals surface area contributed by atoms with Crippen LogP contribution in [0, 0.1) is 6.92 Å². The van der Waals surface area contributed by atoms with Crippen LogP contribution in [0.25, 0.3) is 11.0 Å². The van der Waals surface area contributed by atoms with E-state index in [1.54, 1.807) is 18.2 Å². The third-order valence-electron chi connectivity index (χ3n) is 5.47. The average Bonchev–Trinajstić information content (AvgIpc) is 2.71. The zero-order chi connectivity index (χ0) is 21.7.